The number of anilines is 2. The van der Waals surface area contributed by atoms with E-state index in [-0.39, 0.29) is 5.91 Å². The number of hydrogen-bond acceptors (Lipinski definition) is 4. The molecule has 0 fully saturated rings. The van der Waals surface area contributed by atoms with Crippen molar-refractivity contribution in [3.8, 4) is 0 Å². The highest BCUT2D eigenvalue weighted by atomic mass is 32.2. The average molecular weight is 273 g/mol. The Balaban J connectivity index is 1.91. The fourth-order valence-electron chi connectivity index (χ4n) is 1.59. The van der Waals surface area contributed by atoms with Crippen LogP contribution in [0.1, 0.15) is 5.56 Å². The number of hydrogen-bond donors (Lipinski definition) is 2. The third kappa shape index (κ3) is 3.99. The van der Waals surface area contributed by atoms with Crippen LogP contribution in [0.4, 0.5) is 11.4 Å². The van der Waals surface area contributed by atoms with Gasteiger partial charge >= 0.3 is 0 Å². The topological polar surface area (TPSA) is 68.0 Å². The Morgan fingerprint density at radius 2 is 2.21 bits per heavy atom. The molecule has 0 bridgehead atoms. The van der Waals surface area contributed by atoms with Crippen molar-refractivity contribution >= 4 is 29.0 Å². The Morgan fingerprint density at radius 3 is 2.89 bits per heavy atom. The number of nitrogens with one attached hydrogen (secondary N) is 1. The quantitative estimate of drug-likeness (QED) is 0.664. The van der Waals surface area contributed by atoms with Crippen molar-refractivity contribution in [2.45, 2.75) is 11.9 Å². The third-order valence-corrected chi connectivity index (χ3v) is 3.46. The van der Waals surface area contributed by atoms with Gasteiger partial charge in [-0.3, -0.25) is 4.79 Å². The molecule has 0 saturated carbocycles. The number of benzene rings is 1. The van der Waals surface area contributed by atoms with Crippen LogP contribution in [0.25, 0.3) is 0 Å². The zero-order chi connectivity index (χ0) is 13.7. The molecule has 5 heteroatoms. The number of rotatable bonds is 4. The molecule has 0 aliphatic carbocycles. The smallest absolute Gasteiger partial charge is 0.234 e. The maximum absolute atomic E-state index is 11.8. The summed E-state index contributed by atoms with van der Waals surface area (Å²) in [6.07, 6.45) is 1.71. The second-order valence-electron chi connectivity index (χ2n) is 4.08. The largest absolute Gasteiger partial charge is 0.399 e. The molecule has 0 atom stereocenters. The molecular formula is C14H15N3OS. The van der Waals surface area contributed by atoms with Crippen molar-refractivity contribution in [2.24, 2.45) is 0 Å². The lowest BCUT2D eigenvalue weighted by Gasteiger charge is -2.08. The van der Waals surface area contributed by atoms with E-state index in [1.807, 2.05) is 37.3 Å². The number of nitrogens with zero attached hydrogens (tertiary/aromatic N) is 1. The number of nitrogens with two attached hydrogens (primary N) is 1. The van der Waals surface area contributed by atoms with Crippen LogP contribution in [-0.4, -0.2) is 16.6 Å². The first-order valence-corrected chi connectivity index (χ1v) is 6.83. The maximum Gasteiger partial charge on any atom is 0.234 e. The molecule has 1 aromatic carbocycles. The van der Waals surface area contributed by atoms with Crippen molar-refractivity contribution in [3.63, 3.8) is 0 Å². The van der Waals surface area contributed by atoms with Crippen LogP contribution in [0.15, 0.2) is 47.6 Å². The molecule has 19 heavy (non-hydrogen) atoms. The number of carbonyl (C=O) groups excluding carboxylic acids is 1. The second-order valence-corrected chi connectivity index (χ2v) is 5.07. The van der Waals surface area contributed by atoms with Gasteiger partial charge in [0, 0.05) is 17.6 Å². The number of carbonyl (C=O) groups is 1. The highest BCUT2D eigenvalue weighted by Crippen LogP contribution is 2.19. The summed E-state index contributed by atoms with van der Waals surface area (Å²) in [4.78, 5) is 16.0. The lowest BCUT2D eigenvalue weighted by Crippen LogP contribution is -2.15. The summed E-state index contributed by atoms with van der Waals surface area (Å²) in [6, 6.07) is 11.1. The zero-order valence-electron chi connectivity index (χ0n) is 10.6. The summed E-state index contributed by atoms with van der Waals surface area (Å²) in [7, 11) is 0. The summed E-state index contributed by atoms with van der Waals surface area (Å²) >= 11 is 1.41. The minimum atomic E-state index is -0.0523. The number of aromatic nitrogens is 1. The van der Waals surface area contributed by atoms with Gasteiger partial charge in [0.05, 0.1) is 10.8 Å². The van der Waals surface area contributed by atoms with Crippen LogP contribution in [0.2, 0.25) is 0 Å². The summed E-state index contributed by atoms with van der Waals surface area (Å²) in [5.41, 5.74) is 8.11. The van der Waals surface area contributed by atoms with Crippen LogP contribution >= 0.6 is 11.8 Å². The number of nitrogen functional groups attached to an aromatic ring is 1. The molecule has 0 aliphatic heterocycles. The van der Waals surface area contributed by atoms with Gasteiger partial charge in [-0.15, -0.1) is 0 Å². The summed E-state index contributed by atoms with van der Waals surface area (Å²) in [5.74, 6) is 0.282. The lowest BCUT2D eigenvalue weighted by molar-refractivity contribution is -0.113. The van der Waals surface area contributed by atoms with Crippen molar-refractivity contribution in [2.75, 3.05) is 16.8 Å². The first-order chi connectivity index (χ1) is 9.15. The third-order valence-electron chi connectivity index (χ3n) is 2.51. The van der Waals surface area contributed by atoms with Crippen LogP contribution in [0.5, 0.6) is 0 Å². The van der Waals surface area contributed by atoms with E-state index in [0.717, 1.165) is 16.3 Å². The van der Waals surface area contributed by atoms with E-state index >= 15 is 0 Å². The van der Waals surface area contributed by atoms with Gasteiger partial charge in [0.1, 0.15) is 0 Å². The minimum absolute atomic E-state index is 0.0523. The highest BCUT2D eigenvalue weighted by Gasteiger charge is 2.06. The molecule has 0 unspecified atom stereocenters. The molecular weight excluding hydrogens is 258 g/mol. The molecule has 2 aromatic rings. The molecule has 2 rings (SSSR count). The summed E-state index contributed by atoms with van der Waals surface area (Å²) < 4.78 is 0. The first-order valence-electron chi connectivity index (χ1n) is 5.85. The van der Waals surface area contributed by atoms with Crippen molar-refractivity contribution in [1.29, 1.82) is 0 Å². The van der Waals surface area contributed by atoms with Crippen LogP contribution in [0, 0.1) is 6.92 Å². The number of thioether (sulfide) groups is 1. The molecule has 1 aromatic heterocycles. The van der Waals surface area contributed by atoms with Crippen LogP contribution in [-0.2, 0) is 4.79 Å². The SMILES string of the molecule is Cc1cc(N)ccc1NC(=O)CSc1ccccn1. The molecule has 0 spiro atoms. The van der Waals surface area contributed by atoms with E-state index in [1.54, 1.807) is 12.3 Å². The zero-order valence-corrected chi connectivity index (χ0v) is 11.4. The molecule has 98 valence electrons. The Labute approximate surface area is 116 Å². The predicted molar refractivity (Wildman–Crippen MR) is 79.2 cm³/mol. The average Bonchev–Trinajstić information content (AvgIpc) is 2.41. The highest BCUT2D eigenvalue weighted by molar-refractivity contribution is 7.99. The van der Waals surface area contributed by atoms with Gasteiger partial charge < -0.3 is 11.1 Å². The molecule has 4 nitrogen and oxygen atoms in total. The molecule has 0 aliphatic rings. The van der Waals surface area contributed by atoms with Gasteiger partial charge in [0.2, 0.25) is 5.91 Å². The summed E-state index contributed by atoms with van der Waals surface area (Å²) in [5, 5.41) is 3.70. The van der Waals surface area contributed by atoms with Gasteiger partial charge in [-0.05, 0) is 42.8 Å². The standard InChI is InChI=1S/C14H15N3OS/c1-10-8-11(15)5-6-12(10)17-13(18)9-19-14-4-2-3-7-16-14/h2-8H,9,15H2,1H3,(H,17,18). The van der Waals surface area contributed by atoms with Gasteiger partial charge in [0.25, 0.3) is 0 Å². The normalized spacial score (nSPS) is 10.2. The van der Waals surface area contributed by atoms with Crippen molar-refractivity contribution in [3.05, 3.63) is 48.2 Å². The van der Waals surface area contributed by atoms with Gasteiger partial charge in [0.15, 0.2) is 0 Å². The number of amides is 1. The second kappa shape index (κ2) is 6.24. The minimum Gasteiger partial charge on any atom is -0.399 e. The van der Waals surface area contributed by atoms with E-state index in [0.29, 0.717) is 11.4 Å². The van der Waals surface area contributed by atoms with E-state index in [1.165, 1.54) is 11.8 Å². The molecule has 3 N–H and O–H groups in total. The Bertz CT molecular complexity index is 572. The molecule has 0 radical (unpaired) electrons. The van der Waals surface area contributed by atoms with Crippen molar-refractivity contribution < 1.29 is 4.79 Å². The van der Waals surface area contributed by atoms with E-state index in [9.17, 15) is 4.79 Å². The van der Waals surface area contributed by atoms with Gasteiger partial charge in [-0.25, -0.2) is 4.98 Å². The first kappa shape index (κ1) is 13.4. The predicted octanol–water partition coefficient (Wildman–Crippen LogP) is 2.70. The Kier molecular flexibility index (Phi) is 4.41. The van der Waals surface area contributed by atoms with Crippen LogP contribution < -0.4 is 11.1 Å². The molecule has 1 heterocycles. The monoisotopic (exact) mass is 273 g/mol. The van der Waals surface area contributed by atoms with E-state index < -0.39 is 0 Å². The summed E-state index contributed by atoms with van der Waals surface area (Å²) in [6.45, 7) is 1.91. The van der Waals surface area contributed by atoms with Gasteiger partial charge in [-0.1, -0.05) is 17.8 Å². The van der Waals surface area contributed by atoms with E-state index in [2.05, 4.69) is 10.3 Å². The molecule has 1 amide bonds. The molecule has 0 saturated heterocycles. The Hall–Kier alpha value is -2.01. The van der Waals surface area contributed by atoms with Crippen molar-refractivity contribution in [1.82, 2.24) is 4.98 Å². The number of aryl methyl sites for hydroxylation is 1. The van der Waals surface area contributed by atoms with Gasteiger partial charge in [-0.2, -0.15) is 0 Å². The maximum atomic E-state index is 11.8. The fraction of sp³-hybridized carbons (Fsp3) is 0.143. The van der Waals surface area contributed by atoms with Crippen LogP contribution in [0.3, 0.4) is 0 Å². The Morgan fingerprint density at radius 1 is 1.37 bits per heavy atom. The number of pyridine rings is 1. The fourth-order valence-corrected chi connectivity index (χ4v) is 2.25. The lowest BCUT2D eigenvalue weighted by atomic mass is 10.2. The van der Waals surface area contributed by atoms with E-state index in [4.69, 9.17) is 5.73 Å².